The first-order valence-electron chi connectivity index (χ1n) is 6.24. The van der Waals surface area contributed by atoms with Gasteiger partial charge in [0, 0.05) is 19.7 Å². The molecule has 1 aliphatic heterocycles. The Kier molecular flexibility index (Phi) is 6.04. The molecule has 0 amide bonds. The van der Waals surface area contributed by atoms with Crippen LogP contribution in [0.15, 0.2) is 0 Å². The molecule has 106 valence electrons. The third-order valence-corrected chi connectivity index (χ3v) is 4.97. The Morgan fingerprint density at radius 1 is 1.39 bits per heavy atom. The molecule has 0 bridgehead atoms. The number of esters is 1. The molecule has 1 rings (SSSR count). The van der Waals surface area contributed by atoms with Crippen molar-refractivity contribution in [2.45, 2.75) is 26.2 Å². The summed E-state index contributed by atoms with van der Waals surface area (Å²) < 4.78 is 30.0. The molecule has 1 heterocycles. The van der Waals surface area contributed by atoms with Gasteiger partial charge in [-0.25, -0.2) is 12.7 Å². The van der Waals surface area contributed by atoms with Gasteiger partial charge >= 0.3 is 5.97 Å². The highest BCUT2D eigenvalue weighted by molar-refractivity contribution is 7.89. The van der Waals surface area contributed by atoms with Crippen molar-refractivity contribution in [1.29, 1.82) is 0 Å². The van der Waals surface area contributed by atoms with Crippen molar-refractivity contribution in [3.63, 3.8) is 0 Å². The van der Waals surface area contributed by atoms with Gasteiger partial charge in [0.25, 0.3) is 0 Å². The van der Waals surface area contributed by atoms with E-state index < -0.39 is 16.0 Å². The van der Waals surface area contributed by atoms with Gasteiger partial charge < -0.3 is 9.84 Å². The predicted octanol–water partition coefficient (Wildman–Crippen LogP) is -0.0263. The van der Waals surface area contributed by atoms with Crippen LogP contribution in [0.3, 0.4) is 0 Å². The number of carbonyl (C=O) groups is 1. The van der Waals surface area contributed by atoms with E-state index in [0.29, 0.717) is 25.9 Å². The normalized spacial score (nSPS) is 18.8. The maximum Gasteiger partial charge on any atom is 0.306 e. The fourth-order valence-electron chi connectivity index (χ4n) is 1.94. The summed E-state index contributed by atoms with van der Waals surface area (Å²) >= 11 is 0. The van der Waals surface area contributed by atoms with Crippen molar-refractivity contribution in [1.82, 2.24) is 4.31 Å². The average Bonchev–Trinajstić information content (AvgIpc) is 2.37. The Morgan fingerprint density at radius 2 is 2.00 bits per heavy atom. The highest BCUT2D eigenvalue weighted by Crippen LogP contribution is 2.19. The molecule has 1 fully saturated rings. The molecule has 0 aromatic rings. The molecule has 1 aliphatic rings. The summed E-state index contributed by atoms with van der Waals surface area (Å²) in [4.78, 5) is 11.1. The molecule has 0 aliphatic carbocycles. The van der Waals surface area contributed by atoms with Crippen molar-refractivity contribution in [2.24, 2.45) is 5.92 Å². The molecular weight excluding hydrogens is 258 g/mol. The second-order valence-electron chi connectivity index (χ2n) is 4.40. The third-order valence-electron chi connectivity index (χ3n) is 3.09. The minimum absolute atomic E-state index is 0.101. The number of hydrogen-bond donors (Lipinski definition) is 1. The van der Waals surface area contributed by atoms with Crippen LogP contribution in [-0.2, 0) is 19.6 Å². The van der Waals surface area contributed by atoms with E-state index in [1.54, 1.807) is 6.92 Å². The molecule has 1 N–H and O–H groups in total. The second-order valence-corrected chi connectivity index (χ2v) is 6.48. The second kappa shape index (κ2) is 7.06. The van der Waals surface area contributed by atoms with Crippen LogP contribution in [0.25, 0.3) is 0 Å². The number of aliphatic hydroxyl groups is 1. The quantitative estimate of drug-likeness (QED) is 0.690. The van der Waals surface area contributed by atoms with E-state index in [4.69, 9.17) is 9.84 Å². The van der Waals surface area contributed by atoms with Crippen LogP contribution in [0, 0.1) is 5.92 Å². The van der Waals surface area contributed by atoms with E-state index in [9.17, 15) is 13.2 Å². The summed E-state index contributed by atoms with van der Waals surface area (Å²) in [6.45, 7) is 2.91. The lowest BCUT2D eigenvalue weighted by Crippen LogP contribution is -2.40. The Hall–Kier alpha value is -0.660. The van der Waals surface area contributed by atoms with E-state index >= 15 is 0 Å². The highest BCUT2D eigenvalue weighted by Gasteiger charge is 2.28. The van der Waals surface area contributed by atoms with Gasteiger partial charge in [-0.2, -0.15) is 0 Å². The van der Waals surface area contributed by atoms with E-state index in [1.807, 2.05) is 0 Å². The lowest BCUT2D eigenvalue weighted by atomic mass is 10.00. The Morgan fingerprint density at radius 3 is 2.50 bits per heavy atom. The van der Waals surface area contributed by atoms with Crippen LogP contribution < -0.4 is 0 Å². The lowest BCUT2D eigenvalue weighted by molar-refractivity contribution is -0.142. The number of carbonyl (C=O) groups excluding carboxylic acids is 1. The fraction of sp³-hybridized carbons (Fsp3) is 0.909. The van der Waals surface area contributed by atoms with Gasteiger partial charge in [0.05, 0.1) is 18.8 Å². The molecule has 0 aromatic carbocycles. The van der Waals surface area contributed by atoms with Gasteiger partial charge in [0.2, 0.25) is 10.0 Å². The SMILES string of the molecule is CCOC(=O)CCS(=O)(=O)N1CCC(CO)CC1. The number of sulfonamides is 1. The van der Waals surface area contributed by atoms with Gasteiger partial charge in [-0.05, 0) is 25.7 Å². The first-order chi connectivity index (χ1) is 8.49. The van der Waals surface area contributed by atoms with Crippen LogP contribution in [-0.4, -0.2) is 55.9 Å². The summed E-state index contributed by atoms with van der Waals surface area (Å²) in [5.74, 6) is -0.483. The molecule has 0 unspecified atom stereocenters. The number of piperidine rings is 1. The Balaban J connectivity index is 2.42. The standard InChI is InChI=1S/C11H21NO5S/c1-2-17-11(14)5-8-18(15,16)12-6-3-10(9-13)4-7-12/h10,13H,2-9H2,1H3. The summed E-state index contributed by atoms with van der Waals surface area (Å²) in [6, 6.07) is 0. The Bertz CT molecular complexity index is 360. The van der Waals surface area contributed by atoms with Crippen LogP contribution in [0.1, 0.15) is 26.2 Å². The van der Waals surface area contributed by atoms with Crippen LogP contribution >= 0.6 is 0 Å². The first-order valence-corrected chi connectivity index (χ1v) is 7.84. The molecule has 0 aromatic heterocycles. The van der Waals surface area contributed by atoms with Crippen molar-refractivity contribution >= 4 is 16.0 Å². The molecule has 0 atom stereocenters. The van der Waals surface area contributed by atoms with Crippen LogP contribution in [0.2, 0.25) is 0 Å². The summed E-state index contributed by atoms with van der Waals surface area (Å²) in [5, 5.41) is 8.99. The number of hydrogen-bond acceptors (Lipinski definition) is 5. The minimum atomic E-state index is -3.38. The van der Waals surface area contributed by atoms with E-state index in [2.05, 4.69) is 0 Å². The molecule has 0 saturated carbocycles. The van der Waals surface area contributed by atoms with Crippen molar-refractivity contribution in [3.05, 3.63) is 0 Å². The topological polar surface area (TPSA) is 83.9 Å². The summed E-state index contributed by atoms with van der Waals surface area (Å²) in [5.41, 5.74) is 0. The number of ether oxygens (including phenoxy) is 1. The zero-order valence-electron chi connectivity index (χ0n) is 10.7. The van der Waals surface area contributed by atoms with Crippen molar-refractivity contribution in [2.75, 3.05) is 32.1 Å². The number of nitrogens with zero attached hydrogens (tertiary/aromatic N) is 1. The zero-order valence-corrected chi connectivity index (χ0v) is 11.5. The first kappa shape index (κ1) is 15.4. The molecule has 0 spiro atoms. The summed E-state index contributed by atoms with van der Waals surface area (Å²) in [7, 11) is -3.38. The Labute approximate surface area is 108 Å². The largest absolute Gasteiger partial charge is 0.466 e. The predicted molar refractivity (Wildman–Crippen MR) is 66.4 cm³/mol. The lowest BCUT2D eigenvalue weighted by Gasteiger charge is -2.30. The zero-order chi connectivity index (χ0) is 13.6. The molecule has 1 saturated heterocycles. The molecule has 7 heteroatoms. The molecule has 0 radical (unpaired) electrons. The maximum absolute atomic E-state index is 11.9. The van der Waals surface area contributed by atoms with Gasteiger partial charge in [-0.15, -0.1) is 0 Å². The number of aliphatic hydroxyl groups excluding tert-OH is 1. The third kappa shape index (κ3) is 4.55. The monoisotopic (exact) mass is 279 g/mol. The smallest absolute Gasteiger partial charge is 0.306 e. The van der Waals surface area contributed by atoms with Crippen LogP contribution in [0.4, 0.5) is 0 Å². The fourth-order valence-corrected chi connectivity index (χ4v) is 3.39. The molecular formula is C11H21NO5S. The van der Waals surface area contributed by atoms with Gasteiger partial charge in [0.1, 0.15) is 0 Å². The average molecular weight is 279 g/mol. The summed E-state index contributed by atoms with van der Waals surface area (Å²) in [6.07, 6.45) is 1.25. The van der Waals surface area contributed by atoms with Crippen LogP contribution in [0.5, 0.6) is 0 Å². The maximum atomic E-state index is 11.9. The molecule has 18 heavy (non-hydrogen) atoms. The van der Waals surface area contributed by atoms with E-state index in [1.165, 1.54) is 4.31 Å². The highest BCUT2D eigenvalue weighted by atomic mass is 32.2. The van der Waals surface area contributed by atoms with Gasteiger partial charge in [0.15, 0.2) is 0 Å². The van der Waals surface area contributed by atoms with Gasteiger partial charge in [-0.1, -0.05) is 0 Å². The van der Waals surface area contributed by atoms with E-state index in [0.717, 1.165) is 0 Å². The van der Waals surface area contributed by atoms with Crippen molar-refractivity contribution < 1.29 is 23.1 Å². The van der Waals surface area contributed by atoms with Crippen molar-refractivity contribution in [3.8, 4) is 0 Å². The number of rotatable bonds is 6. The van der Waals surface area contributed by atoms with Gasteiger partial charge in [-0.3, -0.25) is 4.79 Å². The molecule has 6 nitrogen and oxygen atoms in total. The minimum Gasteiger partial charge on any atom is -0.466 e. The van der Waals surface area contributed by atoms with E-state index in [-0.39, 0.29) is 31.3 Å².